The minimum atomic E-state index is 0.279. The molecule has 0 N–H and O–H groups in total. The highest BCUT2D eigenvalue weighted by Crippen LogP contribution is 2.39. The predicted octanol–water partition coefficient (Wildman–Crippen LogP) is 4.57. The van der Waals surface area contributed by atoms with Gasteiger partial charge in [0.15, 0.2) is 11.5 Å². The van der Waals surface area contributed by atoms with Gasteiger partial charge < -0.3 is 19.1 Å². The van der Waals surface area contributed by atoms with Crippen molar-refractivity contribution in [2.45, 2.75) is 38.2 Å². The number of methoxy groups -OCH3 is 1. The van der Waals surface area contributed by atoms with E-state index >= 15 is 0 Å². The number of ether oxygens (including phenoxy) is 3. The summed E-state index contributed by atoms with van der Waals surface area (Å²) in [6.07, 6.45) is 3.65. The number of nitrogens with zero attached hydrogens (tertiary/aromatic N) is 2. The second kappa shape index (κ2) is 10.9. The zero-order valence-corrected chi connectivity index (χ0v) is 19.0. The van der Waals surface area contributed by atoms with E-state index in [-0.39, 0.29) is 6.10 Å². The van der Waals surface area contributed by atoms with Gasteiger partial charge in [0.1, 0.15) is 13.2 Å². The van der Waals surface area contributed by atoms with Crippen LogP contribution in [0.25, 0.3) is 0 Å². The smallest absolute Gasteiger partial charge is 0.184 e. The highest BCUT2D eigenvalue weighted by molar-refractivity contribution is 5.65. The van der Waals surface area contributed by atoms with Gasteiger partial charge in [0.25, 0.3) is 0 Å². The van der Waals surface area contributed by atoms with Gasteiger partial charge in [0, 0.05) is 39.2 Å². The van der Waals surface area contributed by atoms with Crippen molar-refractivity contribution in [1.82, 2.24) is 4.90 Å². The molecule has 2 heterocycles. The van der Waals surface area contributed by atoms with Crippen molar-refractivity contribution in [2.24, 2.45) is 0 Å². The van der Waals surface area contributed by atoms with Gasteiger partial charge in [-0.3, -0.25) is 4.90 Å². The van der Waals surface area contributed by atoms with Gasteiger partial charge in [-0.1, -0.05) is 49.7 Å². The van der Waals surface area contributed by atoms with Gasteiger partial charge >= 0.3 is 0 Å². The molecule has 1 saturated heterocycles. The molecule has 0 saturated carbocycles. The third-order valence-corrected chi connectivity index (χ3v) is 6.57. The highest BCUT2D eigenvalue weighted by Gasteiger charge is 2.26. The van der Waals surface area contributed by atoms with E-state index in [1.54, 1.807) is 0 Å². The van der Waals surface area contributed by atoms with E-state index < -0.39 is 0 Å². The lowest BCUT2D eigenvalue weighted by Crippen LogP contribution is -2.47. The second-order valence-electron chi connectivity index (χ2n) is 8.50. The molecule has 2 atom stereocenters. The van der Waals surface area contributed by atoms with E-state index in [4.69, 9.17) is 14.2 Å². The fourth-order valence-electron chi connectivity index (χ4n) is 4.88. The number of hydrogen-bond acceptors (Lipinski definition) is 5. The maximum absolute atomic E-state index is 5.93. The predicted molar refractivity (Wildman–Crippen MR) is 126 cm³/mol. The lowest BCUT2D eigenvalue weighted by Gasteiger charge is -2.38. The van der Waals surface area contributed by atoms with Crippen molar-refractivity contribution in [3.05, 3.63) is 54.1 Å². The maximum atomic E-state index is 5.93. The van der Waals surface area contributed by atoms with E-state index in [0.29, 0.717) is 19.1 Å². The van der Waals surface area contributed by atoms with E-state index in [0.717, 1.165) is 63.5 Å². The van der Waals surface area contributed by atoms with Crippen LogP contribution in [0, 0.1) is 0 Å². The van der Waals surface area contributed by atoms with Gasteiger partial charge in [-0.2, -0.15) is 0 Å². The second-order valence-corrected chi connectivity index (χ2v) is 8.50. The Morgan fingerprint density at radius 2 is 1.68 bits per heavy atom. The fourth-order valence-corrected chi connectivity index (χ4v) is 4.88. The molecule has 5 nitrogen and oxygen atoms in total. The minimum absolute atomic E-state index is 0.279. The molecule has 0 bridgehead atoms. The molecular formula is C26H36N2O3. The van der Waals surface area contributed by atoms with Crippen molar-refractivity contribution in [2.75, 3.05) is 57.9 Å². The largest absolute Gasteiger partial charge is 0.486 e. The van der Waals surface area contributed by atoms with Crippen LogP contribution in [0.15, 0.2) is 48.5 Å². The van der Waals surface area contributed by atoms with Crippen LogP contribution in [0.2, 0.25) is 0 Å². The van der Waals surface area contributed by atoms with Gasteiger partial charge in [-0.25, -0.2) is 0 Å². The Bertz CT molecular complexity index is 806. The van der Waals surface area contributed by atoms with Crippen LogP contribution in [-0.2, 0) is 4.74 Å². The highest BCUT2D eigenvalue weighted by atomic mass is 16.6. The molecule has 2 aliphatic heterocycles. The molecule has 4 rings (SSSR count). The third kappa shape index (κ3) is 5.34. The first-order chi connectivity index (χ1) is 15.3. The fraction of sp³-hybridized carbons (Fsp3) is 0.538. The van der Waals surface area contributed by atoms with E-state index in [1.165, 1.54) is 11.3 Å². The quantitative estimate of drug-likeness (QED) is 0.589. The molecule has 0 aliphatic carbocycles. The first-order valence-electron chi connectivity index (χ1n) is 11.7. The molecule has 0 amide bonds. The number of piperazine rings is 1. The Morgan fingerprint density at radius 1 is 0.903 bits per heavy atom. The van der Waals surface area contributed by atoms with Crippen LogP contribution in [0.5, 0.6) is 11.5 Å². The SMILES string of the molecule is CCCC(OC)C(CCN1CCN(c2cccc3c2OCCO3)CC1)c1ccccc1. The first-order valence-corrected chi connectivity index (χ1v) is 11.7. The first kappa shape index (κ1) is 22.0. The molecule has 2 unspecified atom stereocenters. The third-order valence-electron chi connectivity index (χ3n) is 6.57. The summed E-state index contributed by atoms with van der Waals surface area (Å²) in [5.74, 6) is 2.23. The molecule has 1 fully saturated rings. The minimum Gasteiger partial charge on any atom is -0.486 e. The average molecular weight is 425 g/mol. The van der Waals surface area contributed by atoms with Crippen LogP contribution in [-0.4, -0.2) is 64.1 Å². The normalized spacial score (nSPS) is 18.6. The van der Waals surface area contributed by atoms with Crippen molar-refractivity contribution >= 4 is 5.69 Å². The van der Waals surface area contributed by atoms with Crippen molar-refractivity contribution in [1.29, 1.82) is 0 Å². The lowest BCUT2D eigenvalue weighted by atomic mass is 9.87. The van der Waals surface area contributed by atoms with E-state index in [1.807, 2.05) is 13.2 Å². The van der Waals surface area contributed by atoms with Crippen LogP contribution < -0.4 is 14.4 Å². The van der Waals surface area contributed by atoms with Crippen LogP contribution >= 0.6 is 0 Å². The average Bonchev–Trinajstić information content (AvgIpc) is 2.84. The molecule has 2 aliphatic rings. The Balaban J connectivity index is 1.36. The van der Waals surface area contributed by atoms with E-state index in [9.17, 15) is 0 Å². The van der Waals surface area contributed by atoms with Crippen LogP contribution in [0.4, 0.5) is 5.69 Å². The van der Waals surface area contributed by atoms with Gasteiger partial charge in [-0.05, 0) is 37.1 Å². The number of anilines is 1. The van der Waals surface area contributed by atoms with Crippen molar-refractivity contribution in [3.8, 4) is 11.5 Å². The Kier molecular flexibility index (Phi) is 7.71. The summed E-state index contributed by atoms with van der Waals surface area (Å²) < 4.78 is 17.6. The summed E-state index contributed by atoms with van der Waals surface area (Å²) in [5, 5.41) is 0. The number of hydrogen-bond donors (Lipinski definition) is 0. The summed E-state index contributed by atoms with van der Waals surface area (Å²) in [5.41, 5.74) is 2.57. The molecule has 0 spiro atoms. The topological polar surface area (TPSA) is 34.2 Å². The van der Waals surface area contributed by atoms with Crippen LogP contribution in [0.1, 0.15) is 37.7 Å². The summed E-state index contributed by atoms with van der Waals surface area (Å²) in [7, 11) is 1.86. The lowest BCUT2D eigenvalue weighted by molar-refractivity contribution is 0.0641. The molecule has 0 radical (unpaired) electrons. The van der Waals surface area contributed by atoms with Gasteiger partial charge in [-0.15, -0.1) is 0 Å². The summed E-state index contributed by atoms with van der Waals surface area (Å²) >= 11 is 0. The Hall–Kier alpha value is -2.24. The molecule has 2 aromatic carbocycles. The monoisotopic (exact) mass is 424 g/mol. The standard InChI is InChI=1S/C26H36N2O3/c1-3-8-24(29-2)22(21-9-5-4-6-10-21)13-14-27-15-17-28(18-16-27)23-11-7-12-25-26(23)31-20-19-30-25/h4-7,9-12,22,24H,3,8,13-20H2,1-2H3. The number of para-hydroxylation sites is 1. The van der Waals surface area contributed by atoms with Crippen molar-refractivity contribution < 1.29 is 14.2 Å². The molecular weight excluding hydrogens is 388 g/mol. The van der Waals surface area contributed by atoms with Crippen LogP contribution in [0.3, 0.4) is 0 Å². The zero-order chi connectivity index (χ0) is 21.5. The zero-order valence-electron chi connectivity index (χ0n) is 19.0. The van der Waals surface area contributed by atoms with Gasteiger partial charge in [0.2, 0.25) is 0 Å². The number of benzene rings is 2. The van der Waals surface area contributed by atoms with Crippen molar-refractivity contribution in [3.63, 3.8) is 0 Å². The molecule has 5 heteroatoms. The Morgan fingerprint density at radius 3 is 2.42 bits per heavy atom. The molecule has 31 heavy (non-hydrogen) atoms. The molecule has 168 valence electrons. The summed E-state index contributed by atoms with van der Waals surface area (Å²) in [4.78, 5) is 5.03. The maximum Gasteiger partial charge on any atom is 0.184 e. The van der Waals surface area contributed by atoms with Gasteiger partial charge in [0.05, 0.1) is 11.8 Å². The molecule has 0 aromatic heterocycles. The summed E-state index contributed by atoms with van der Waals surface area (Å²) in [6, 6.07) is 17.1. The molecule has 2 aromatic rings. The number of fused-ring (bicyclic) bond motifs is 1. The summed E-state index contributed by atoms with van der Waals surface area (Å²) in [6.45, 7) is 8.76. The Labute approximate surface area is 186 Å². The number of rotatable bonds is 9. The van der Waals surface area contributed by atoms with E-state index in [2.05, 4.69) is 59.2 Å².